The van der Waals surface area contributed by atoms with Crippen molar-refractivity contribution in [2.45, 2.75) is 88.4 Å². The van der Waals surface area contributed by atoms with Crippen LogP contribution in [0, 0.1) is 0 Å². The topological polar surface area (TPSA) is 61.9 Å². The molecule has 168 valence electrons. The molecule has 6 heteroatoms. The van der Waals surface area contributed by atoms with Crippen molar-refractivity contribution in [1.29, 1.82) is 0 Å². The molecule has 5 rings (SSSR count). The Bertz CT molecular complexity index is 834. The fraction of sp³-hybridized carbons (Fsp3) is 0.680. The van der Waals surface area contributed by atoms with Gasteiger partial charge >= 0.3 is 6.09 Å². The van der Waals surface area contributed by atoms with Crippen LogP contribution >= 0.6 is 0 Å². The third-order valence-corrected chi connectivity index (χ3v) is 8.34. The number of amides is 2. The molecule has 1 aliphatic carbocycles. The molecule has 3 saturated heterocycles. The van der Waals surface area contributed by atoms with E-state index in [-0.39, 0.29) is 23.5 Å². The number of ether oxygens (including phenoxy) is 1. The first-order chi connectivity index (χ1) is 15.0. The third-order valence-electron chi connectivity index (χ3n) is 8.34. The number of piperidine rings is 2. The predicted molar refractivity (Wildman–Crippen MR) is 119 cm³/mol. The summed E-state index contributed by atoms with van der Waals surface area (Å²) in [4.78, 5) is 28.9. The summed E-state index contributed by atoms with van der Waals surface area (Å²) < 4.78 is 5.32. The zero-order valence-corrected chi connectivity index (χ0v) is 18.8. The van der Waals surface area contributed by atoms with E-state index in [1.54, 1.807) is 6.92 Å². The summed E-state index contributed by atoms with van der Waals surface area (Å²) in [6.07, 6.45) is 7.58. The molecule has 1 spiro atoms. The van der Waals surface area contributed by atoms with Gasteiger partial charge in [0.05, 0.1) is 12.6 Å². The van der Waals surface area contributed by atoms with Crippen molar-refractivity contribution in [2.24, 2.45) is 0 Å². The lowest BCUT2D eigenvalue weighted by Crippen LogP contribution is -2.55. The van der Waals surface area contributed by atoms with E-state index in [2.05, 4.69) is 34.5 Å². The van der Waals surface area contributed by atoms with Gasteiger partial charge in [0.1, 0.15) is 0 Å². The minimum absolute atomic E-state index is 0.0538. The molecule has 3 aliphatic heterocycles. The first-order valence-corrected chi connectivity index (χ1v) is 12.1. The van der Waals surface area contributed by atoms with Crippen molar-refractivity contribution >= 4 is 12.0 Å². The summed E-state index contributed by atoms with van der Waals surface area (Å²) in [5.41, 5.74) is 2.95. The average molecular weight is 426 g/mol. The maximum atomic E-state index is 12.4. The van der Waals surface area contributed by atoms with Crippen molar-refractivity contribution in [3.63, 3.8) is 0 Å². The van der Waals surface area contributed by atoms with Crippen LogP contribution in [0.1, 0.15) is 76.0 Å². The summed E-state index contributed by atoms with van der Waals surface area (Å²) in [5.74, 6) is 0.0538. The Hall–Kier alpha value is -2.08. The minimum atomic E-state index is -0.113. The molecule has 2 amide bonds. The molecule has 2 bridgehead atoms. The van der Waals surface area contributed by atoms with Gasteiger partial charge in [-0.2, -0.15) is 0 Å². The van der Waals surface area contributed by atoms with Crippen LogP contribution in [-0.2, 0) is 14.9 Å². The standard InChI is InChI=1S/C25H35N3O3/c1-3-31-24(30)28-18-8-9-19(28)15-20(14-18)27-12-10-25(11-13-27)16-23(26-17(2)29)21-6-4-5-7-22(21)25/h4-7,18-20,23H,3,8-16H2,1-2H3,(H,26,29). The molecular weight excluding hydrogens is 390 g/mol. The van der Waals surface area contributed by atoms with Gasteiger partial charge in [-0.25, -0.2) is 4.79 Å². The summed E-state index contributed by atoms with van der Waals surface area (Å²) in [7, 11) is 0. The second kappa shape index (κ2) is 8.12. The highest BCUT2D eigenvalue weighted by Gasteiger charge is 2.49. The molecule has 0 saturated carbocycles. The predicted octanol–water partition coefficient (Wildman–Crippen LogP) is 3.75. The van der Waals surface area contributed by atoms with Crippen LogP contribution in [0.25, 0.3) is 0 Å². The van der Waals surface area contributed by atoms with Gasteiger partial charge in [0.15, 0.2) is 0 Å². The number of rotatable bonds is 3. The summed E-state index contributed by atoms with van der Waals surface area (Å²) in [5, 5.41) is 3.19. The largest absolute Gasteiger partial charge is 0.450 e. The first kappa shape index (κ1) is 20.8. The van der Waals surface area contributed by atoms with Crippen molar-refractivity contribution in [3.05, 3.63) is 35.4 Å². The van der Waals surface area contributed by atoms with Crippen molar-refractivity contribution in [3.8, 4) is 0 Å². The maximum Gasteiger partial charge on any atom is 0.410 e. The van der Waals surface area contributed by atoms with Gasteiger partial charge in [-0.1, -0.05) is 24.3 Å². The number of hydrogen-bond donors (Lipinski definition) is 1. The number of nitrogens with one attached hydrogen (secondary N) is 1. The van der Waals surface area contributed by atoms with Crippen LogP contribution in [0.15, 0.2) is 24.3 Å². The smallest absolute Gasteiger partial charge is 0.410 e. The molecule has 0 radical (unpaired) electrons. The van der Waals surface area contributed by atoms with E-state index in [1.165, 1.54) is 11.1 Å². The second-order valence-corrected chi connectivity index (χ2v) is 9.98. The Labute approximate surface area is 185 Å². The third kappa shape index (κ3) is 3.63. The highest BCUT2D eigenvalue weighted by atomic mass is 16.6. The molecule has 31 heavy (non-hydrogen) atoms. The van der Waals surface area contributed by atoms with E-state index in [0.29, 0.717) is 24.7 Å². The highest BCUT2D eigenvalue weighted by Crippen LogP contribution is 2.51. The number of nitrogens with zero attached hydrogens (tertiary/aromatic N) is 2. The fourth-order valence-electron chi connectivity index (χ4n) is 7.00. The molecular formula is C25H35N3O3. The molecule has 0 aromatic heterocycles. The van der Waals surface area contributed by atoms with E-state index in [9.17, 15) is 9.59 Å². The Morgan fingerprint density at radius 1 is 1.10 bits per heavy atom. The Morgan fingerprint density at radius 2 is 1.77 bits per heavy atom. The van der Waals surface area contributed by atoms with Crippen LogP contribution in [-0.4, -0.2) is 59.6 Å². The molecule has 6 nitrogen and oxygen atoms in total. The molecule has 3 fully saturated rings. The lowest BCUT2D eigenvalue weighted by Gasteiger charge is -2.47. The zero-order chi connectivity index (χ0) is 21.6. The summed E-state index contributed by atoms with van der Waals surface area (Å²) in [6.45, 7) is 6.16. The molecule has 4 aliphatic rings. The molecule has 3 atom stereocenters. The maximum absolute atomic E-state index is 12.4. The van der Waals surface area contributed by atoms with Gasteiger partial charge in [-0.3, -0.25) is 4.79 Å². The first-order valence-electron chi connectivity index (χ1n) is 12.1. The van der Waals surface area contributed by atoms with Gasteiger partial charge in [0, 0.05) is 30.5 Å². The monoisotopic (exact) mass is 425 g/mol. The van der Waals surface area contributed by atoms with Gasteiger partial charge in [0.25, 0.3) is 0 Å². The minimum Gasteiger partial charge on any atom is -0.450 e. The molecule has 1 aromatic rings. The molecule has 1 N–H and O–H groups in total. The number of hydrogen-bond acceptors (Lipinski definition) is 4. The van der Waals surface area contributed by atoms with Crippen LogP contribution in [0.5, 0.6) is 0 Å². The molecule has 3 unspecified atom stereocenters. The SMILES string of the molecule is CCOC(=O)N1C2CCC1CC(N1CCC3(CC1)CC(NC(C)=O)c1ccccc13)C2. The number of likely N-dealkylation sites (tertiary alicyclic amines) is 1. The van der Waals surface area contributed by atoms with Crippen LogP contribution in [0.3, 0.4) is 0 Å². The van der Waals surface area contributed by atoms with E-state index in [1.807, 2.05) is 11.8 Å². The highest BCUT2D eigenvalue weighted by molar-refractivity contribution is 5.74. The zero-order valence-electron chi connectivity index (χ0n) is 18.8. The number of fused-ring (bicyclic) bond motifs is 4. The van der Waals surface area contributed by atoms with Gasteiger partial charge in [-0.05, 0) is 76.1 Å². The van der Waals surface area contributed by atoms with Crippen molar-refractivity contribution in [2.75, 3.05) is 19.7 Å². The van der Waals surface area contributed by atoms with E-state index in [4.69, 9.17) is 4.74 Å². The Kier molecular flexibility index (Phi) is 5.45. The Morgan fingerprint density at radius 3 is 2.42 bits per heavy atom. The lowest BCUT2D eigenvalue weighted by molar-refractivity contribution is -0.119. The van der Waals surface area contributed by atoms with Crippen LogP contribution < -0.4 is 5.32 Å². The normalized spacial score (nSPS) is 31.5. The number of carbonyl (C=O) groups is 2. The van der Waals surface area contributed by atoms with E-state index in [0.717, 1.165) is 58.0 Å². The van der Waals surface area contributed by atoms with Gasteiger partial charge < -0.3 is 19.9 Å². The fourth-order valence-corrected chi connectivity index (χ4v) is 7.00. The van der Waals surface area contributed by atoms with Gasteiger partial charge in [0.2, 0.25) is 5.91 Å². The van der Waals surface area contributed by atoms with Crippen LogP contribution in [0.4, 0.5) is 4.79 Å². The van der Waals surface area contributed by atoms with E-state index >= 15 is 0 Å². The average Bonchev–Trinajstić information content (AvgIpc) is 3.19. The van der Waals surface area contributed by atoms with Gasteiger partial charge in [-0.15, -0.1) is 0 Å². The van der Waals surface area contributed by atoms with Crippen molar-refractivity contribution in [1.82, 2.24) is 15.1 Å². The Balaban J connectivity index is 1.26. The van der Waals surface area contributed by atoms with Crippen LogP contribution in [0.2, 0.25) is 0 Å². The number of benzene rings is 1. The second-order valence-electron chi connectivity index (χ2n) is 9.98. The summed E-state index contributed by atoms with van der Waals surface area (Å²) in [6, 6.07) is 10.1. The number of carbonyl (C=O) groups excluding carboxylic acids is 2. The summed E-state index contributed by atoms with van der Waals surface area (Å²) >= 11 is 0. The quantitative estimate of drug-likeness (QED) is 0.801. The molecule has 1 aromatic carbocycles. The van der Waals surface area contributed by atoms with Crippen molar-refractivity contribution < 1.29 is 14.3 Å². The lowest BCUT2D eigenvalue weighted by atomic mass is 9.73. The molecule has 3 heterocycles. The van der Waals surface area contributed by atoms with E-state index < -0.39 is 0 Å².